The number of rotatable bonds is 6. The summed E-state index contributed by atoms with van der Waals surface area (Å²) >= 11 is 0. The first kappa shape index (κ1) is 14.1. The Morgan fingerprint density at radius 2 is 1.86 bits per heavy atom. The molecular formula is C17H18N4O. The molecule has 1 atom stereocenters. The maximum absolute atomic E-state index is 12.6. The van der Waals surface area contributed by atoms with Gasteiger partial charge in [0.25, 0.3) is 0 Å². The number of nitrogens with zero attached hydrogens (tertiary/aromatic N) is 3. The van der Waals surface area contributed by atoms with Crippen molar-refractivity contribution in [2.24, 2.45) is 0 Å². The number of benzene rings is 1. The Hall–Kier alpha value is -2.82. The third-order valence-electron chi connectivity index (χ3n) is 3.52. The largest absolute Gasteiger partial charge is 0.352 e. The van der Waals surface area contributed by atoms with Crippen molar-refractivity contribution in [2.75, 3.05) is 6.54 Å². The quantitative estimate of drug-likeness (QED) is 0.757. The molecule has 22 heavy (non-hydrogen) atoms. The first-order chi connectivity index (χ1) is 10.8. The van der Waals surface area contributed by atoms with E-state index in [1.807, 2.05) is 70.2 Å². The fourth-order valence-corrected chi connectivity index (χ4v) is 2.44. The molecule has 2 heterocycles. The molecule has 1 aromatic carbocycles. The normalized spacial score (nSPS) is 12.0. The lowest BCUT2D eigenvalue weighted by Gasteiger charge is -2.19. The molecule has 0 fully saturated rings. The zero-order chi connectivity index (χ0) is 15.2. The lowest BCUT2D eigenvalue weighted by molar-refractivity contribution is -0.123. The van der Waals surface area contributed by atoms with Gasteiger partial charge in [0, 0.05) is 37.9 Å². The molecule has 0 aliphatic heterocycles. The molecule has 0 saturated carbocycles. The van der Waals surface area contributed by atoms with E-state index in [2.05, 4.69) is 10.3 Å². The third kappa shape index (κ3) is 3.25. The number of carbonyl (C=O) groups is 1. The summed E-state index contributed by atoms with van der Waals surface area (Å²) in [5.74, 6) is -0.0116. The lowest BCUT2D eigenvalue weighted by atomic mass is 10.1. The second-order valence-electron chi connectivity index (χ2n) is 5.04. The van der Waals surface area contributed by atoms with Gasteiger partial charge >= 0.3 is 0 Å². The molecule has 3 rings (SSSR count). The Morgan fingerprint density at radius 1 is 1.09 bits per heavy atom. The highest BCUT2D eigenvalue weighted by Crippen LogP contribution is 2.18. The lowest BCUT2D eigenvalue weighted by Crippen LogP contribution is -2.34. The SMILES string of the molecule is O=C(NCCn1ccnc1)[C@@H](c1ccccc1)n1cccc1. The molecule has 0 unspecified atom stereocenters. The summed E-state index contributed by atoms with van der Waals surface area (Å²) in [4.78, 5) is 16.6. The first-order valence-corrected chi connectivity index (χ1v) is 7.25. The topological polar surface area (TPSA) is 51.9 Å². The Kier molecular flexibility index (Phi) is 4.34. The molecule has 3 aromatic rings. The van der Waals surface area contributed by atoms with Gasteiger partial charge in [-0.15, -0.1) is 0 Å². The van der Waals surface area contributed by atoms with Crippen LogP contribution in [-0.4, -0.2) is 26.6 Å². The molecule has 1 amide bonds. The van der Waals surface area contributed by atoms with Gasteiger partial charge in [-0.25, -0.2) is 4.98 Å². The average Bonchev–Trinajstić information content (AvgIpc) is 3.22. The van der Waals surface area contributed by atoms with Crippen LogP contribution in [0.15, 0.2) is 73.6 Å². The van der Waals surface area contributed by atoms with Crippen molar-refractivity contribution in [3.63, 3.8) is 0 Å². The molecule has 112 valence electrons. The zero-order valence-electron chi connectivity index (χ0n) is 12.2. The van der Waals surface area contributed by atoms with Crippen LogP contribution in [0.25, 0.3) is 0 Å². The van der Waals surface area contributed by atoms with Gasteiger partial charge in [0.2, 0.25) is 5.91 Å². The summed E-state index contributed by atoms with van der Waals surface area (Å²) in [7, 11) is 0. The smallest absolute Gasteiger partial charge is 0.247 e. The summed E-state index contributed by atoms with van der Waals surface area (Å²) in [5.41, 5.74) is 0.971. The van der Waals surface area contributed by atoms with Crippen molar-refractivity contribution in [2.45, 2.75) is 12.6 Å². The molecule has 0 radical (unpaired) electrons. The summed E-state index contributed by atoms with van der Waals surface area (Å²) < 4.78 is 3.86. The number of carbonyl (C=O) groups excluding carboxylic acids is 1. The van der Waals surface area contributed by atoms with E-state index in [0.717, 1.165) is 5.56 Å². The number of hydrogen-bond acceptors (Lipinski definition) is 2. The molecule has 0 bridgehead atoms. The number of nitrogens with one attached hydrogen (secondary N) is 1. The van der Waals surface area contributed by atoms with Gasteiger partial charge in [-0.1, -0.05) is 30.3 Å². The second-order valence-corrected chi connectivity index (χ2v) is 5.04. The summed E-state index contributed by atoms with van der Waals surface area (Å²) in [5, 5.41) is 3.00. The maximum Gasteiger partial charge on any atom is 0.247 e. The van der Waals surface area contributed by atoms with Crippen LogP contribution in [-0.2, 0) is 11.3 Å². The van der Waals surface area contributed by atoms with Crippen molar-refractivity contribution < 1.29 is 4.79 Å². The Balaban J connectivity index is 1.70. The van der Waals surface area contributed by atoms with Crippen molar-refractivity contribution in [3.05, 3.63) is 79.1 Å². The van der Waals surface area contributed by atoms with Crippen molar-refractivity contribution >= 4 is 5.91 Å². The minimum Gasteiger partial charge on any atom is -0.352 e. The van der Waals surface area contributed by atoms with E-state index in [4.69, 9.17) is 0 Å². The van der Waals surface area contributed by atoms with Crippen LogP contribution in [0, 0.1) is 0 Å². The van der Waals surface area contributed by atoms with Crippen LogP contribution in [0.2, 0.25) is 0 Å². The standard InChI is InChI=1S/C17H18N4O/c22-17(19-9-13-20-12-8-18-14-20)16(21-10-4-5-11-21)15-6-2-1-3-7-15/h1-8,10-12,14,16H,9,13H2,(H,19,22)/t16-/m1/s1. The van der Waals surface area contributed by atoms with Crippen LogP contribution >= 0.6 is 0 Å². The van der Waals surface area contributed by atoms with E-state index in [1.165, 1.54) is 0 Å². The minimum atomic E-state index is -0.348. The highest BCUT2D eigenvalue weighted by atomic mass is 16.2. The molecular weight excluding hydrogens is 276 g/mol. The fraction of sp³-hybridized carbons (Fsp3) is 0.176. The van der Waals surface area contributed by atoms with Crippen LogP contribution in [0.1, 0.15) is 11.6 Å². The Bertz CT molecular complexity index is 690. The predicted octanol–water partition coefficient (Wildman–Crippen LogP) is 2.09. The van der Waals surface area contributed by atoms with E-state index in [9.17, 15) is 4.79 Å². The maximum atomic E-state index is 12.6. The highest BCUT2D eigenvalue weighted by Gasteiger charge is 2.21. The van der Waals surface area contributed by atoms with Gasteiger partial charge in [0.15, 0.2) is 0 Å². The molecule has 0 spiro atoms. The number of amides is 1. The van der Waals surface area contributed by atoms with Gasteiger partial charge < -0.3 is 14.5 Å². The molecule has 0 saturated heterocycles. The Labute approximate surface area is 129 Å². The van der Waals surface area contributed by atoms with Crippen molar-refractivity contribution in [3.8, 4) is 0 Å². The number of imidazole rings is 1. The van der Waals surface area contributed by atoms with Gasteiger partial charge in [0.1, 0.15) is 6.04 Å². The predicted molar refractivity (Wildman–Crippen MR) is 84.2 cm³/mol. The van der Waals surface area contributed by atoms with E-state index in [-0.39, 0.29) is 11.9 Å². The molecule has 2 aromatic heterocycles. The van der Waals surface area contributed by atoms with E-state index >= 15 is 0 Å². The highest BCUT2D eigenvalue weighted by molar-refractivity contribution is 5.83. The molecule has 5 nitrogen and oxygen atoms in total. The molecule has 0 aliphatic rings. The average molecular weight is 294 g/mol. The van der Waals surface area contributed by atoms with Crippen LogP contribution in [0.5, 0.6) is 0 Å². The zero-order valence-corrected chi connectivity index (χ0v) is 12.2. The van der Waals surface area contributed by atoms with Crippen molar-refractivity contribution in [1.29, 1.82) is 0 Å². The third-order valence-corrected chi connectivity index (χ3v) is 3.52. The van der Waals surface area contributed by atoms with E-state index in [0.29, 0.717) is 13.1 Å². The summed E-state index contributed by atoms with van der Waals surface area (Å²) in [6, 6.07) is 13.3. The van der Waals surface area contributed by atoms with E-state index in [1.54, 1.807) is 12.5 Å². The van der Waals surface area contributed by atoms with Gasteiger partial charge in [-0.3, -0.25) is 4.79 Å². The second kappa shape index (κ2) is 6.76. The minimum absolute atomic E-state index is 0.0116. The molecule has 1 N–H and O–H groups in total. The molecule has 0 aliphatic carbocycles. The number of hydrogen-bond donors (Lipinski definition) is 1. The fourth-order valence-electron chi connectivity index (χ4n) is 2.44. The number of aromatic nitrogens is 3. The molecule has 5 heteroatoms. The summed E-state index contributed by atoms with van der Waals surface area (Å²) in [6.45, 7) is 1.28. The monoisotopic (exact) mass is 294 g/mol. The first-order valence-electron chi connectivity index (χ1n) is 7.25. The van der Waals surface area contributed by atoms with Gasteiger partial charge in [0.05, 0.1) is 6.33 Å². The van der Waals surface area contributed by atoms with Crippen molar-refractivity contribution in [1.82, 2.24) is 19.4 Å². The Morgan fingerprint density at radius 3 is 2.55 bits per heavy atom. The van der Waals surface area contributed by atoms with Gasteiger partial charge in [-0.2, -0.15) is 0 Å². The van der Waals surface area contributed by atoms with E-state index < -0.39 is 0 Å². The van der Waals surface area contributed by atoms with Gasteiger partial charge in [-0.05, 0) is 17.7 Å². The van der Waals surface area contributed by atoms with Crippen LogP contribution in [0.4, 0.5) is 0 Å². The summed E-state index contributed by atoms with van der Waals surface area (Å²) in [6.07, 6.45) is 9.17. The van der Waals surface area contributed by atoms with Crippen LogP contribution < -0.4 is 5.32 Å². The van der Waals surface area contributed by atoms with Crippen LogP contribution in [0.3, 0.4) is 0 Å².